The molecule has 0 radical (unpaired) electrons. The molecule has 1 aromatic heterocycles. The van der Waals surface area contributed by atoms with Crippen molar-refractivity contribution in [2.45, 2.75) is 37.1 Å². The van der Waals surface area contributed by atoms with Crippen molar-refractivity contribution in [1.29, 1.82) is 0 Å². The lowest BCUT2D eigenvalue weighted by Crippen LogP contribution is -2.36. The Kier molecular flexibility index (Phi) is 5.15. The Morgan fingerprint density at radius 1 is 1.63 bits per heavy atom. The lowest BCUT2D eigenvalue weighted by Gasteiger charge is -2.23. The second-order valence-corrected chi connectivity index (χ2v) is 5.57. The molecule has 2 rings (SSSR count). The van der Waals surface area contributed by atoms with E-state index in [0.717, 1.165) is 36.8 Å². The zero-order chi connectivity index (χ0) is 13.7. The maximum Gasteiger partial charge on any atom is 0.224 e. The Balaban J connectivity index is 1.65. The first kappa shape index (κ1) is 14.3. The molecule has 1 saturated heterocycles. The van der Waals surface area contributed by atoms with Crippen LogP contribution in [-0.4, -0.2) is 56.6 Å². The van der Waals surface area contributed by atoms with Crippen LogP contribution in [0, 0.1) is 0 Å². The minimum absolute atomic E-state index is 0.0249. The predicted molar refractivity (Wildman–Crippen MR) is 70.5 cm³/mol. The second-order valence-electron chi connectivity index (χ2n) is 4.51. The molecule has 1 fully saturated rings. The molecule has 1 aliphatic rings. The summed E-state index contributed by atoms with van der Waals surface area (Å²) in [5, 5.41) is 12.0. The highest BCUT2D eigenvalue weighted by molar-refractivity contribution is 7.99. The van der Waals surface area contributed by atoms with Gasteiger partial charge in [0.25, 0.3) is 0 Å². The number of tetrazole rings is 1. The third-order valence-corrected chi connectivity index (χ3v) is 4.18. The highest BCUT2D eigenvalue weighted by Gasteiger charge is 2.23. The molecule has 0 aliphatic carbocycles. The maximum atomic E-state index is 11.9. The van der Waals surface area contributed by atoms with Gasteiger partial charge in [-0.2, -0.15) is 0 Å². The molecule has 7 nitrogen and oxygen atoms in total. The fraction of sp³-hybridized carbons (Fsp3) is 0.818. The number of ether oxygens (including phenoxy) is 1. The molecule has 0 spiro atoms. The number of thioether (sulfide) groups is 1. The molecule has 2 heterocycles. The van der Waals surface area contributed by atoms with E-state index in [4.69, 9.17) is 4.74 Å². The van der Waals surface area contributed by atoms with Crippen LogP contribution in [0.2, 0.25) is 0 Å². The molecule has 19 heavy (non-hydrogen) atoms. The van der Waals surface area contributed by atoms with Gasteiger partial charge in [0, 0.05) is 32.9 Å². The minimum atomic E-state index is -0.0249. The van der Waals surface area contributed by atoms with Crippen LogP contribution in [0.5, 0.6) is 0 Å². The summed E-state index contributed by atoms with van der Waals surface area (Å²) in [4.78, 5) is 13.7. The van der Waals surface area contributed by atoms with E-state index in [9.17, 15) is 4.79 Å². The van der Waals surface area contributed by atoms with E-state index >= 15 is 0 Å². The number of nitrogens with zero attached hydrogens (tertiary/aromatic N) is 5. The molecule has 106 valence electrons. The fourth-order valence-electron chi connectivity index (χ4n) is 1.93. The molecule has 0 N–H and O–H groups in total. The topological polar surface area (TPSA) is 73.1 Å². The van der Waals surface area contributed by atoms with Gasteiger partial charge in [0.15, 0.2) is 0 Å². The van der Waals surface area contributed by atoms with Crippen molar-refractivity contribution >= 4 is 17.7 Å². The Morgan fingerprint density at radius 3 is 3.11 bits per heavy atom. The third kappa shape index (κ3) is 3.90. The van der Waals surface area contributed by atoms with Gasteiger partial charge < -0.3 is 9.64 Å². The van der Waals surface area contributed by atoms with E-state index in [2.05, 4.69) is 15.5 Å². The standard InChI is InChI=1S/C11H19N5O2S/c1-15(10-6-3-7-18-10)9(17)5-4-8-19-11-12-13-14-16(11)2/h10H,3-8H2,1-2H3. The molecular formula is C11H19N5O2S. The second kappa shape index (κ2) is 6.85. The largest absolute Gasteiger partial charge is 0.358 e. The van der Waals surface area contributed by atoms with Gasteiger partial charge in [-0.3, -0.25) is 4.79 Å². The van der Waals surface area contributed by atoms with E-state index in [0.29, 0.717) is 6.42 Å². The van der Waals surface area contributed by atoms with E-state index in [1.54, 1.807) is 28.4 Å². The molecule has 8 heteroatoms. The van der Waals surface area contributed by atoms with Gasteiger partial charge in [-0.25, -0.2) is 4.68 Å². The van der Waals surface area contributed by atoms with Crippen molar-refractivity contribution in [3.63, 3.8) is 0 Å². The molecule has 1 atom stereocenters. The molecule has 0 bridgehead atoms. The number of hydrogen-bond donors (Lipinski definition) is 0. The van der Waals surface area contributed by atoms with Crippen molar-refractivity contribution in [3.05, 3.63) is 0 Å². The average Bonchev–Trinajstić information content (AvgIpc) is 3.05. The van der Waals surface area contributed by atoms with Crippen LogP contribution in [0.4, 0.5) is 0 Å². The van der Waals surface area contributed by atoms with Gasteiger partial charge >= 0.3 is 0 Å². The SMILES string of the molecule is CN(C(=O)CCCSc1nnnn1C)C1CCCO1. The minimum Gasteiger partial charge on any atom is -0.358 e. The van der Waals surface area contributed by atoms with Crippen LogP contribution in [0.15, 0.2) is 5.16 Å². The van der Waals surface area contributed by atoms with Gasteiger partial charge in [-0.05, 0) is 29.7 Å². The van der Waals surface area contributed by atoms with Gasteiger partial charge in [0.1, 0.15) is 6.23 Å². The van der Waals surface area contributed by atoms with Crippen molar-refractivity contribution in [2.24, 2.45) is 7.05 Å². The number of carbonyl (C=O) groups is 1. The maximum absolute atomic E-state index is 11.9. The van der Waals surface area contributed by atoms with Crippen molar-refractivity contribution < 1.29 is 9.53 Å². The van der Waals surface area contributed by atoms with E-state index in [1.165, 1.54) is 0 Å². The number of carbonyl (C=O) groups excluding carboxylic acids is 1. The molecular weight excluding hydrogens is 266 g/mol. The lowest BCUT2D eigenvalue weighted by atomic mass is 10.2. The summed E-state index contributed by atoms with van der Waals surface area (Å²) >= 11 is 1.56. The first-order valence-corrected chi connectivity index (χ1v) is 7.39. The van der Waals surface area contributed by atoms with Crippen molar-refractivity contribution in [2.75, 3.05) is 19.4 Å². The zero-order valence-corrected chi connectivity index (χ0v) is 12.1. The Morgan fingerprint density at radius 2 is 2.47 bits per heavy atom. The molecule has 1 aliphatic heterocycles. The first-order valence-electron chi connectivity index (χ1n) is 6.41. The van der Waals surface area contributed by atoms with Crippen LogP contribution >= 0.6 is 11.8 Å². The Labute approximate surface area is 116 Å². The van der Waals surface area contributed by atoms with Crippen molar-refractivity contribution in [3.8, 4) is 0 Å². The summed E-state index contributed by atoms with van der Waals surface area (Å²) in [5.74, 6) is 0.975. The van der Waals surface area contributed by atoms with Crippen LogP contribution in [0.1, 0.15) is 25.7 Å². The Hall–Kier alpha value is -1.15. The molecule has 0 aromatic carbocycles. The number of rotatable bonds is 6. The molecule has 0 saturated carbocycles. The smallest absolute Gasteiger partial charge is 0.224 e. The monoisotopic (exact) mass is 285 g/mol. The van der Waals surface area contributed by atoms with E-state index in [-0.39, 0.29) is 12.1 Å². The van der Waals surface area contributed by atoms with E-state index in [1.807, 2.05) is 7.05 Å². The lowest BCUT2D eigenvalue weighted by molar-refractivity contribution is -0.139. The van der Waals surface area contributed by atoms with Crippen LogP contribution in [-0.2, 0) is 16.6 Å². The van der Waals surface area contributed by atoms with Gasteiger partial charge in [0.05, 0.1) is 0 Å². The number of hydrogen-bond acceptors (Lipinski definition) is 6. The zero-order valence-electron chi connectivity index (χ0n) is 11.3. The third-order valence-electron chi connectivity index (χ3n) is 3.08. The van der Waals surface area contributed by atoms with Crippen LogP contribution < -0.4 is 0 Å². The summed E-state index contributed by atoms with van der Waals surface area (Å²) in [6.07, 6.45) is 3.31. The average molecular weight is 285 g/mol. The molecule has 1 amide bonds. The van der Waals surface area contributed by atoms with Crippen molar-refractivity contribution in [1.82, 2.24) is 25.1 Å². The number of amides is 1. The highest BCUT2D eigenvalue weighted by atomic mass is 32.2. The highest BCUT2D eigenvalue weighted by Crippen LogP contribution is 2.18. The summed E-state index contributed by atoms with van der Waals surface area (Å²) in [6.45, 7) is 0.761. The van der Waals surface area contributed by atoms with E-state index < -0.39 is 0 Å². The predicted octanol–water partition coefficient (Wildman–Crippen LogP) is 0.677. The summed E-state index contributed by atoms with van der Waals surface area (Å²) < 4.78 is 7.12. The normalized spacial score (nSPS) is 18.7. The molecule has 1 aromatic rings. The number of aromatic nitrogens is 4. The quantitative estimate of drug-likeness (QED) is 0.565. The van der Waals surface area contributed by atoms with Crippen LogP contribution in [0.3, 0.4) is 0 Å². The van der Waals surface area contributed by atoms with Gasteiger partial charge in [-0.15, -0.1) is 5.10 Å². The summed E-state index contributed by atoms with van der Waals surface area (Å²) in [6, 6.07) is 0. The number of aryl methyl sites for hydroxylation is 1. The van der Waals surface area contributed by atoms with Gasteiger partial charge in [-0.1, -0.05) is 11.8 Å². The van der Waals surface area contributed by atoms with Crippen LogP contribution in [0.25, 0.3) is 0 Å². The summed E-state index contributed by atoms with van der Waals surface area (Å²) in [5.41, 5.74) is 0. The van der Waals surface area contributed by atoms with Gasteiger partial charge in [0.2, 0.25) is 11.1 Å². The molecule has 1 unspecified atom stereocenters. The fourth-order valence-corrected chi connectivity index (χ4v) is 2.72. The Bertz CT molecular complexity index is 419. The summed E-state index contributed by atoms with van der Waals surface area (Å²) in [7, 11) is 3.62. The first-order chi connectivity index (χ1) is 9.18.